The maximum Gasteiger partial charge on any atom is 0.306 e. The Morgan fingerprint density at radius 1 is 1.17 bits per heavy atom. The number of rotatable bonds is 2. The number of benzene rings is 1. The molecule has 1 aliphatic carbocycles. The van der Waals surface area contributed by atoms with Crippen LogP contribution in [0.25, 0.3) is 0 Å². The topological polar surface area (TPSA) is 46.6 Å². The van der Waals surface area contributed by atoms with E-state index in [9.17, 15) is 9.59 Å². The van der Waals surface area contributed by atoms with Crippen molar-refractivity contribution in [2.45, 2.75) is 37.8 Å². The van der Waals surface area contributed by atoms with Crippen molar-refractivity contribution < 1.29 is 18.7 Å². The molecule has 0 atom stereocenters. The monoisotopic (exact) mass is 331 g/mol. The Bertz CT molecular complexity index is 646. The fraction of sp³-hybridized carbons (Fsp3) is 0.579. The Balaban J connectivity index is 1.33. The van der Waals surface area contributed by atoms with Crippen LogP contribution < -0.4 is 0 Å². The van der Waals surface area contributed by atoms with Gasteiger partial charge in [-0.25, -0.2) is 4.39 Å². The zero-order valence-corrected chi connectivity index (χ0v) is 13.7. The van der Waals surface area contributed by atoms with Gasteiger partial charge in [-0.2, -0.15) is 0 Å². The summed E-state index contributed by atoms with van der Waals surface area (Å²) in [7, 11) is 0. The van der Waals surface area contributed by atoms with Gasteiger partial charge in [0.15, 0.2) is 0 Å². The lowest BCUT2D eigenvalue weighted by Gasteiger charge is -2.45. The van der Waals surface area contributed by atoms with Crippen molar-refractivity contribution in [3.63, 3.8) is 0 Å². The second-order valence-corrected chi connectivity index (χ2v) is 7.60. The molecule has 3 aliphatic rings. The smallest absolute Gasteiger partial charge is 0.306 e. The van der Waals surface area contributed by atoms with Gasteiger partial charge in [0.1, 0.15) is 5.67 Å². The first-order chi connectivity index (χ1) is 11.5. The van der Waals surface area contributed by atoms with Crippen LogP contribution in [0.5, 0.6) is 0 Å². The highest BCUT2D eigenvalue weighted by Crippen LogP contribution is 2.52. The number of halogens is 1. The van der Waals surface area contributed by atoms with Crippen LogP contribution in [-0.2, 0) is 20.0 Å². The van der Waals surface area contributed by atoms with Gasteiger partial charge in [0.25, 0.3) is 0 Å². The molecule has 128 valence electrons. The normalized spacial score (nSPS) is 31.6. The third kappa shape index (κ3) is 2.60. The van der Waals surface area contributed by atoms with E-state index in [1.54, 1.807) is 4.90 Å². The predicted molar refractivity (Wildman–Crippen MR) is 85.8 cm³/mol. The van der Waals surface area contributed by atoms with Gasteiger partial charge < -0.3 is 9.64 Å². The number of alkyl halides is 1. The first kappa shape index (κ1) is 15.6. The molecular weight excluding hydrogens is 309 g/mol. The molecule has 0 radical (unpaired) electrons. The van der Waals surface area contributed by atoms with E-state index in [2.05, 4.69) is 0 Å². The summed E-state index contributed by atoms with van der Waals surface area (Å²) in [5.74, 6) is -0.0534. The maximum absolute atomic E-state index is 15.1. The number of hydrogen-bond donors (Lipinski definition) is 0. The Kier molecular flexibility index (Phi) is 3.62. The summed E-state index contributed by atoms with van der Waals surface area (Å²) in [4.78, 5) is 25.7. The fourth-order valence-corrected chi connectivity index (χ4v) is 4.43. The SMILES string of the molecule is O=C1CC2(CO1)CC(C(=O)N1CCC(F)(c3ccccc3)CC1)C2. The second-order valence-electron chi connectivity index (χ2n) is 7.60. The Hall–Kier alpha value is -1.91. The predicted octanol–water partition coefficient (Wildman–Crippen LogP) is 2.82. The molecule has 0 aromatic heterocycles. The summed E-state index contributed by atoms with van der Waals surface area (Å²) in [5, 5.41) is 0. The first-order valence-electron chi connectivity index (χ1n) is 8.69. The van der Waals surface area contributed by atoms with E-state index in [1.165, 1.54) is 0 Å². The van der Waals surface area contributed by atoms with Crippen molar-refractivity contribution in [2.24, 2.45) is 11.3 Å². The van der Waals surface area contributed by atoms with Crippen molar-refractivity contribution in [1.82, 2.24) is 4.90 Å². The number of esters is 1. The summed E-state index contributed by atoms with van der Waals surface area (Å²) >= 11 is 0. The van der Waals surface area contributed by atoms with Gasteiger partial charge in [-0.05, 0) is 18.4 Å². The fourth-order valence-electron chi connectivity index (χ4n) is 4.43. The first-order valence-corrected chi connectivity index (χ1v) is 8.69. The molecule has 2 aliphatic heterocycles. The summed E-state index contributed by atoms with van der Waals surface area (Å²) < 4.78 is 20.2. The van der Waals surface area contributed by atoms with E-state index in [4.69, 9.17) is 4.74 Å². The largest absolute Gasteiger partial charge is 0.465 e. The highest BCUT2D eigenvalue weighted by molar-refractivity contribution is 5.81. The molecule has 1 amide bonds. The zero-order chi connectivity index (χ0) is 16.8. The highest BCUT2D eigenvalue weighted by Gasteiger charge is 2.53. The number of carbonyl (C=O) groups is 2. The molecule has 5 heteroatoms. The molecule has 0 bridgehead atoms. The molecule has 1 aromatic rings. The van der Waals surface area contributed by atoms with Crippen LogP contribution in [0.4, 0.5) is 4.39 Å². The Morgan fingerprint density at radius 3 is 2.42 bits per heavy atom. The molecule has 2 heterocycles. The Labute approximate surface area is 141 Å². The molecule has 4 nitrogen and oxygen atoms in total. The summed E-state index contributed by atoms with van der Waals surface area (Å²) in [5.41, 5.74) is -0.715. The molecule has 2 saturated heterocycles. The Morgan fingerprint density at radius 2 is 1.83 bits per heavy atom. The summed E-state index contributed by atoms with van der Waals surface area (Å²) in [6, 6.07) is 9.24. The van der Waals surface area contributed by atoms with Crippen molar-refractivity contribution >= 4 is 11.9 Å². The van der Waals surface area contributed by atoms with Crippen LogP contribution in [0.1, 0.15) is 37.7 Å². The number of carbonyl (C=O) groups excluding carboxylic acids is 2. The average Bonchev–Trinajstić information content (AvgIpc) is 2.97. The van der Waals surface area contributed by atoms with Gasteiger partial charge in [-0.3, -0.25) is 9.59 Å². The van der Waals surface area contributed by atoms with Gasteiger partial charge in [0, 0.05) is 37.3 Å². The van der Waals surface area contributed by atoms with Crippen molar-refractivity contribution in [2.75, 3.05) is 19.7 Å². The molecule has 1 saturated carbocycles. The minimum Gasteiger partial charge on any atom is -0.465 e. The van der Waals surface area contributed by atoms with E-state index in [-0.39, 0.29) is 23.2 Å². The van der Waals surface area contributed by atoms with Crippen molar-refractivity contribution in [3.05, 3.63) is 35.9 Å². The van der Waals surface area contributed by atoms with Crippen molar-refractivity contribution in [3.8, 4) is 0 Å². The van der Waals surface area contributed by atoms with Gasteiger partial charge in [-0.15, -0.1) is 0 Å². The average molecular weight is 331 g/mol. The van der Waals surface area contributed by atoms with Gasteiger partial charge in [0.05, 0.1) is 13.0 Å². The summed E-state index contributed by atoms with van der Waals surface area (Å²) in [6.45, 7) is 1.38. The lowest BCUT2D eigenvalue weighted by Crippen LogP contribution is -2.51. The lowest BCUT2D eigenvalue weighted by molar-refractivity contribution is -0.146. The minimum atomic E-state index is -1.33. The molecule has 24 heavy (non-hydrogen) atoms. The number of likely N-dealkylation sites (tertiary alicyclic amines) is 1. The number of nitrogens with zero attached hydrogens (tertiary/aromatic N) is 1. The molecule has 0 N–H and O–H groups in total. The van der Waals surface area contributed by atoms with E-state index < -0.39 is 5.67 Å². The number of hydrogen-bond acceptors (Lipinski definition) is 3. The third-order valence-corrected chi connectivity index (χ3v) is 5.93. The van der Waals surface area contributed by atoms with Crippen LogP contribution in [0, 0.1) is 11.3 Å². The quantitative estimate of drug-likeness (QED) is 0.783. The molecule has 3 fully saturated rings. The number of ether oxygens (including phenoxy) is 1. The van der Waals surface area contributed by atoms with Gasteiger partial charge in [-0.1, -0.05) is 30.3 Å². The highest BCUT2D eigenvalue weighted by atomic mass is 19.1. The molecule has 1 spiro atoms. The number of cyclic esters (lactones) is 1. The maximum atomic E-state index is 15.1. The van der Waals surface area contributed by atoms with Crippen LogP contribution in [0.15, 0.2) is 30.3 Å². The number of piperidine rings is 1. The van der Waals surface area contributed by atoms with Crippen LogP contribution >= 0.6 is 0 Å². The summed E-state index contributed by atoms with van der Waals surface area (Å²) in [6.07, 6.45) is 2.60. The van der Waals surface area contributed by atoms with E-state index >= 15 is 4.39 Å². The molecular formula is C19H22FNO3. The minimum absolute atomic E-state index is 0.0247. The number of amides is 1. The van der Waals surface area contributed by atoms with Gasteiger partial charge >= 0.3 is 5.97 Å². The van der Waals surface area contributed by atoms with Gasteiger partial charge in [0.2, 0.25) is 5.91 Å². The van der Waals surface area contributed by atoms with Crippen LogP contribution in [0.2, 0.25) is 0 Å². The van der Waals surface area contributed by atoms with E-state index in [0.29, 0.717) is 44.5 Å². The van der Waals surface area contributed by atoms with E-state index in [0.717, 1.165) is 12.8 Å². The third-order valence-electron chi connectivity index (χ3n) is 5.93. The standard InChI is InChI=1S/C19H22FNO3/c20-19(15-4-2-1-3-5-15)6-8-21(9-7-19)17(23)14-10-18(11-14)12-16(22)24-13-18/h1-5,14H,6-13H2. The lowest BCUT2D eigenvalue weighted by atomic mass is 9.61. The van der Waals surface area contributed by atoms with E-state index in [1.807, 2.05) is 30.3 Å². The van der Waals surface area contributed by atoms with Crippen LogP contribution in [0.3, 0.4) is 0 Å². The van der Waals surface area contributed by atoms with Crippen molar-refractivity contribution in [1.29, 1.82) is 0 Å². The van der Waals surface area contributed by atoms with Crippen LogP contribution in [-0.4, -0.2) is 36.5 Å². The zero-order valence-electron chi connectivity index (χ0n) is 13.7. The molecule has 0 unspecified atom stereocenters. The molecule has 1 aromatic carbocycles. The molecule has 4 rings (SSSR count). The second kappa shape index (κ2) is 5.57.